The minimum atomic E-state index is -0.125. The number of rotatable bonds is 3. The van der Waals surface area contributed by atoms with Crippen molar-refractivity contribution in [3.05, 3.63) is 35.4 Å². The Hall–Kier alpha value is -2.44. The normalized spacial score (nSPS) is 17.8. The number of carbonyl (C=O) groups is 1. The number of aromatic nitrogens is 3. The van der Waals surface area contributed by atoms with Gasteiger partial charge >= 0.3 is 0 Å². The predicted octanol–water partition coefficient (Wildman–Crippen LogP) is 2.10. The van der Waals surface area contributed by atoms with E-state index >= 15 is 0 Å². The number of likely N-dealkylation sites (tertiary alicyclic amines) is 1. The first kappa shape index (κ1) is 14.5. The summed E-state index contributed by atoms with van der Waals surface area (Å²) in [5.74, 6) is 1.64. The first-order valence-electron chi connectivity index (χ1n) is 7.34. The molecule has 3 rings (SSSR count). The molecule has 0 saturated carbocycles. The predicted molar refractivity (Wildman–Crippen MR) is 80.6 cm³/mol. The molecule has 3 heterocycles. The van der Waals surface area contributed by atoms with E-state index in [0.717, 1.165) is 24.4 Å². The summed E-state index contributed by atoms with van der Waals surface area (Å²) in [7, 11) is 1.82. The zero-order valence-electron chi connectivity index (χ0n) is 13.0. The van der Waals surface area contributed by atoms with Crippen LogP contribution in [0.4, 0.5) is 5.82 Å². The maximum atomic E-state index is 12.7. The fourth-order valence-electron chi connectivity index (χ4n) is 2.84. The highest BCUT2D eigenvalue weighted by molar-refractivity contribution is 5.92. The zero-order valence-corrected chi connectivity index (χ0v) is 13.0. The molecule has 7 nitrogen and oxygen atoms in total. The Morgan fingerprint density at radius 1 is 1.41 bits per heavy atom. The Kier molecular flexibility index (Phi) is 3.79. The topological polar surface area (TPSA) is 84.2 Å². The summed E-state index contributed by atoms with van der Waals surface area (Å²) in [5, 5.41) is 3.03. The number of nitrogens with zero attached hydrogens (tertiary/aromatic N) is 4. The van der Waals surface area contributed by atoms with Crippen LogP contribution in [0, 0.1) is 13.8 Å². The van der Waals surface area contributed by atoms with Crippen LogP contribution in [0.3, 0.4) is 0 Å². The molecule has 2 aromatic heterocycles. The monoisotopic (exact) mass is 301 g/mol. The van der Waals surface area contributed by atoms with Gasteiger partial charge in [-0.25, -0.2) is 15.0 Å². The molecule has 1 fully saturated rings. The number of aryl methyl sites for hydroxylation is 2. The second-order valence-electron chi connectivity index (χ2n) is 5.40. The highest BCUT2D eigenvalue weighted by Gasteiger charge is 2.34. The van der Waals surface area contributed by atoms with Crippen molar-refractivity contribution in [1.82, 2.24) is 19.9 Å². The highest BCUT2D eigenvalue weighted by atomic mass is 16.3. The molecule has 1 aliphatic rings. The summed E-state index contributed by atoms with van der Waals surface area (Å²) in [6, 6.07) is 1.85. The second-order valence-corrected chi connectivity index (χ2v) is 5.40. The van der Waals surface area contributed by atoms with Crippen LogP contribution in [-0.4, -0.2) is 39.4 Å². The third kappa shape index (κ3) is 2.54. The number of hydrogen-bond acceptors (Lipinski definition) is 6. The van der Waals surface area contributed by atoms with Gasteiger partial charge in [-0.1, -0.05) is 0 Å². The largest absolute Gasteiger partial charge is 0.438 e. The van der Waals surface area contributed by atoms with Crippen LogP contribution in [0.25, 0.3) is 0 Å². The molecule has 1 atom stereocenters. The molecule has 1 N–H and O–H groups in total. The van der Waals surface area contributed by atoms with Gasteiger partial charge in [0.05, 0.1) is 17.4 Å². The number of anilines is 1. The summed E-state index contributed by atoms with van der Waals surface area (Å²) in [6.07, 6.45) is 3.14. The van der Waals surface area contributed by atoms with Crippen LogP contribution in [0.1, 0.15) is 46.7 Å². The summed E-state index contributed by atoms with van der Waals surface area (Å²) < 4.78 is 5.24. The molecule has 1 amide bonds. The Balaban J connectivity index is 1.92. The van der Waals surface area contributed by atoms with Gasteiger partial charge in [0, 0.05) is 19.7 Å². The molecule has 116 valence electrons. The Labute approximate surface area is 128 Å². The van der Waals surface area contributed by atoms with Crippen molar-refractivity contribution in [3.8, 4) is 0 Å². The van der Waals surface area contributed by atoms with Gasteiger partial charge in [-0.05, 0) is 26.7 Å². The molecular weight excluding hydrogens is 282 g/mol. The van der Waals surface area contributed by atoms with Crippen molar-refractivity contribution < 1.29 is 9.21 Å². The molecule has 0 spiro atoms. The first-order valence-corrected chi connectivity index (χ1v) is 7.34. The summed E-state index contributed by atoms with van der Waals surface area (Å²) in [6.45, 7) is 4.32. The third-order valence-corrected chi connectivity index (χ3v) is 3.91. The molecule has 7 heteroatoms. The average Bonchev–Trinajstić information content (AvgIpc) is 3.14. The van der Waals surface area contributed by atoms with E-state index in [0.29, 0.717) is 23.8 Å². The summed E-state index contributed by atoms with van der Waals surface area (Å²) in [4.78, 5) is 27.3. The Morgan fingerprint density at radius 2 is 2.23 bits per heavy atom. The lowest BCUT2D eigenvalue weighted by Gasteiger charge is -2.24. The van der Waals surface area contributed by atoms with E-state index in [2.05, 4.69) is 20.3 Å². The fourth-order valence-corrected chi connectivity index (χ4v) is 2.84. The molecule has 22 heavy (non-hydrogen) atoms. The van der Waals surface area contributed by atoms with E-state index < -0.39 is 0 Å². The van der Waals surface area contributed by atoms with Crippen molar-refractivity contribution in [2.45, 2.75) is 32.7 Å². The standard InChI is InChI=1S/C15H19N5O2/c1-9-14(22-8-17-9)15(21)20-6-4-5-12(20)11-7-13(16-3)19-10(2)18-11/h7-8,12H,4-6H2,1-3H3,(H,16,18,19). The van der Waals surface area contributed by atoms with Crippen molar-refractivity contribution in [2.24, 2.45) is 0 Å². The third-order valence-electron chi connectivity index (χ3n) is 3.91. The van der Waals surface area contributed by atoms with E-state index in [9.17, 15) is 4.79 Å². The molecule has 0 aliphatic carbocycles. The zero-order chi connectivity index (χ0) is 15.7. The molecule has 2 aromatic rings. The number of amides is 1. The summed E-state index contributed by atoms with van der Waals surface area (Å²) in [5.41, 5.74) is 1.48. The molecular formula is C15H19N5O2. The van der Waals surface area contributed by atoms with Crippen LogP contribution in [0.15, 0.2) is 16.9 Å². The van der Waals surface area contributed by atoms with Gasteiger partial charge in [-0.3, -0.25) is 4.79 Å². The number of hydrogen-bond donors (Lipinski definition) is 1. The second kappa shape index (κ2) is 5.75. The van der Waals surface area contributed by atoms with Gasteiger partial charge in [-0.15, -0.1) is 0 Å². The van der Waals surface area contributed by atoms with Gasteiger partial charge in [0.1, 0.15) is 11.6 Å². The maximum absolute atomic E-state index is 12.7. The maximum Gasteiger partial charge on any atom is 0.292 e. The van der Waals surface area contributed by atoms with E-state index in [1.807, 2.05) is 24.9 Å². The lowest BCUT2D eigenvalue weighted by molar-refractivity contribution is 0.0699. The smallest absolute Gasteiger partial charge is 0.292 e. The van der Waals surface area contributed by atoms with Gasteiger partial charge < -0.3 is 14.6 Å². The van der Waals surface area contributed by atoms with Crippen LogP contribution in [-0.2, 0) is 0 Å². The molecule has 0 radical (unpaired) electrons. The summed E-state index contributed by atoms with van der Waals surface area (Å²) >= 11 is 0. The van der Waals surface area contributed by atoms with E-state index in [1.54, 1.807) is 6.92 Å². The van der Waals surface area contributed by atoms with Gasteiger partial charge in [-0.2, -0.15) is 0 Å². The average molecular weight is 301 g/mol. The van der Waals surface area contributed by atoms with Crippen molar-refractivity contribution >= 4 is 11.7 Å². The molecule has 0 aromatic carbocycles. The van der Waals surface area contributed by atoms with Crippen molar-refractivity contribution in [2.75, 3.05) is 18.9 Å². The number of oxazole rings is 1. The SMILES string of the molecule is CNc1cc(C2CCCN2C(=O)c2ocnc2C)nc(C)n1. The van der Waals surface area contributed by atoms with Crippen LogP contribution >= 0.6 is 0 Å². The minimum Gasteiger partial charge on any atom is -0.438 e. The van der Waals surface area contributed by atoms with Crippen LogP contribution < -0.4 is 5.32 Å². The quantitative estimate of drug-likeness (QED) is 0.934. The van der Waals surface area contributed by atoms with Crippen molar-refractivity contribution in [3.63, 3.8) is 0 Å². The van der Waals surface area contributed by atoms with Crippen molar-refractivity contribution in [1.29, 1.82) is 0 Å². The lowest BCUT2D eigenvalue weighted by atomic mass is 10.1. The Morgan fingerprint density at radius 3 is 2.91 bits per heavy atom. The van der Waals surface area contributed by atoms with E-state index in [-0.39, 0.29) is 11.9 Å². The van der Waals surface area contributed by atoms with Gasteiger partial charge in [0.15, 0.2) is 6.39 Å². The van der Waals surface area contributed by atoms with E-state index in [1.165, 1.54) is 6.39 Å². The van der Waals surface area contributed by atoms with Gasteiger partial charge in [0.25, 0.3) is 5.91 Å². The van der Waals surface area contributed by atoms with Crippen LogP contribution in [0.2, 0.25) is 0 Å². The molecule has 0 bridgehead atoms. The van der Waals surface area contributed by atoms with Crippen LogP contribution in [0.5, 0.6) is 0 Å². The fraction of sp³-hybridized carbons (Fsp3) is 0.467. The molecule has 1 unspecified atom stereocenters. The number of nitrogens with one attached hydrogen (secondary N) is 1. The Bertz CT molecular complexity index is 697. The molecule has 1 saturated heterocycles. The highest BCUT2D eigenvalue weighted by Crippen LogP contribution is 2.33. The lowest BCUT2D eigenvalue weighted by Crippen LogP contribution is -2.31. The van der Waals surface area contributed by atoms with E-state index in [4.69, 9.17) is 4.42 Å². The first-order chi connectivity index (χ1) is 10.6. The minimum absolute atomic E-state index is 0.0502. The molecule has 1 aliphatic heterocycles. The number of carbonyl (C=O) groups excluding carboxylic acids is 1. The van der Waals surface area contributed by atoms with Gasteiger partial charge in [0.2, 0.25) is 5.76 Å².